The van der Waals surface area contributed by atoms with E-state index in [4.69, 9.17) is 0 Å². The molecule has 1 N–H and O–H groups in total. The Hall–Kier alpha value is 0.850. The van der Waals surface area contributed by atoms with Crippen molar-refractivity contribution >= 4 is 22.1 Å². The number of carbonyl (C=O) groups is 2. The first-order valence-corrected chi connectivity index (χ1v) is 6.74. The fourth-order valence-electron chi connectivity index (χ4n) is 2.23. The Morgan fingerprint density at radius 2 is 1.40 bits per heavy atom. The van der Waals surface area contributed by atoms with Crippen LogP contribution in [0.15, 0.2) is 0 Å². The van der Waals surface area contributed by atoms with Gasteiger partial charge in [0.25, 0.3) is 10.1 Å². The molecule has 7 nitrogen and oxygen atoms in total. The van der Waals surface area contributed by atoms with Gasteiger partial charge >= 0.3 is 59.1 Å². The summed E-state index contributed by atoms with van der Waals surface area (Å²) < 4.78 is 29.1. The molecule has 0 radical (unpaired) electrons. The molecule has 0 spiro atoms. The maximum atomic E-state index is 11.4. The van der Waals surface area contributed by atoms with Crippen molar-refractivity contribution < 1.29 is 91.9 Å². The van der Waals surface area contributed by atoms with Crippen molar-refractivity contribution in [1.29, 1.82) is 0 Å². The predicted molar refractivity (Wildman–Crippen MR) is 57.5 cm³/mol. The molecule has 0 amide bonds. The minimum atomic E-state index is -5.20. The Labute approximate surface area is 162 Å². The normalized spacial score (nSPS) is 15.8. The largest absolute Gasteiger partial charge is 1.00 e. The molecular formula is C10H16Na2O7S. The van der Waals surface area contributed by atoms with Gasteiger partial charge in [0.1, 0.15) is 4.75 Å². The molecule has 0 saturated heterocycles. The topological polar surface area (TPSA) is 135 Å². The summed E-state index contributed by atoms with van der Waals surface area (Å²) in [6, 6.07) is 0. The first kappa shape index (κ1) is 25.8. The Bertz CT molecular complexity index is 447. The van der Waals surface area contributed by atoms with E-state index in [0.717, 1.165) is 0 Å². The second-order valence-corrected chi connectivity index (χ2v) is 6.38. The van der Waals surface area contributed by atoms with Crippen molar-refractivity contribution in [2.45, 2.75) is 32.4 Å². The van der Waals surface area contributed by atoms with E-state index in [-0.39, 0.29) is 59.1 Å². The molecule has 0 aromatic rings. The van der Waals surface area contributed by atoms with E-state index < -0.39 is 44.6 Å². The third kappa shape index (κ3) is 4.67. The molecule has 0 aromatic carbocycles. The number of hydrogen-bond donors (Lipinski definition) is 1. The Morgan fingerprint density at radius 3 is 1.45 bits per heavy atom. The minimum absolute atomic E-state index is 0. The fraction of sp³-hybridized carbons (Fsp3) is 0.800. The molecule has 0 fully saturated rings. The summed E-state index contributed by atoms with van der Waals surface area (Å²) in [4.78, 5) is 22.3. The van der Waals surface area contributed by atoms with Crippen molar-refractivity contribution in [3.8, 4) is 0 Å². The van der Waals surface area contributed by atoms with Crippen molar-refractivity contribution in [2.24, 2.45) is 17.8 Å². The molecular weight excluding hydrogens is 310 g/mol. The van der Waals surface area contributed by atoms with E-state index in [1.807, 2.05) is 0 Å². The number of rotatable bonds is 6. The van der Waals surface area contributed by atoms with Gasteiger partial charge < -0.3 is 19.8 Å². The number of carboxylic acids is 2. The maximum Gasteiger partial charge on any atom is 1.00 e. The average molecular weight is 326 g/mol. The zero-order valence-electron chi connectivity index (χ0n) is 12.5. The van der Waals surface area contributed by atoms with Crippen molar-refractivity contribution in [1.82, 2.24) is 0 Å². The minimum Gasteiger partial charge on any atom is -0.550 e. The van der Waals surface area contributed by atoms with Crippen LogP contribution in [0.2, 0.25) is 0 Å². The Morgan fingerprint density at radius 1 is 1.05 bits per heavy atom. The van der Waals surface area contributed by atoms with Crippen LogP contribution in [0, 0.1) is 17.8 Å². The van der Waals surface area contributed by atoms with Gasteiger partial charge in [0, 0.05) is 11.9 Å². The summed E-state index contributed by atoms with van der Waals surface area (Å²) in [5, 5.41) is 22.3. The van der Waals surface area contributed by atoms with E-state index >= 15 is 0 Å². The molecule has 0 aromatic heterocycles. The molecule has 0 rings (SSSR count). The van der Waals surface area contributed by atoms with Gasteiger partial charge in [0.05, 0.1) is 5.97 Å². The van der Waals surface area contributed by atoms with Gasteiger partial charge in [-0.05, 0) is 11.8 Å². The van der Waals surface area contributed by atoms with Crippen LogP contribution in [0.4, 0.5) is 0 Å². The van der Waals surface area contributed by atoms with Gasteiger partial charge in [-0.2, -0.15) is 8.42 Å². The number of aliphatic carboxylic acids is 2. The van der Waals surface area contributed by atoms with Gasteiger partial charge in [-0.3, -0.25) is 4.55 Å². The van der Waals surface area contributed by atoms with Crippen LogP contribution in [0.1, 0.15) is 27.7 Å². The third-order valence-electron chi connectivity index (χ3n) is 2.99. The molecule has 10 heteroatoms. The van der Waals surface area contributed by atoms with E-state index in [2.05, 4.69) is 0 Å². The first-order chi connectivity index (χ1) is 7.90. The molecule has 106 valence electrons. The number of hydrogen-bond acceptors (Lipinski definition) is 6. The molecule has 2 atom stereocenters. The van der Waals surface area contributed by atoms with Crippen LogP contribution >= 0.6 is 0 Å². The summed E-state index contributed by atoms with van der Waals surface area (Å²) in [7, 11) is -5.20. The molecule has 0 heterocycles. The molecule has 2 unspecified atom stereocenters. The predicted octanol–water partition coefficient (Wildman–Crippen LogP) is -7.95. The summed E-state index contributed by atoms with van der Waals surface area (Å²) >= 11 is 0. The second-order valence-electron chi connectivity index (χ2n) is 4.75. The summed E-state index contributed by atoms with van der Waals surface area (Å²) in [5.74, 6) is -8.01. The standard InChI is InChI=1S/C10H18O7S.2Na/c1-5(2)7(8(11)12)10(6(3)4,9(13)14)18(15,16)17;;/h5-7H,1-4H3,(H,11,12)(H,13,14)(H,15,16,17);;/q;2*+1/p-2. The molecule has 20 heavy (non-hydrogen) atoms. The van der Waals surface area contributed by atoms with Crippen LogP contribution in [0.3, 0.4) is 0 Å². The Kier molecular flexibility index (Phi) is 11.7. The van der Waals surface area contributed by atoms with E-state index in [9.17, 15) is 32.8 Å². The van der Waals surface area contributed by atoms with Crippen molar-refractivity contribution in [3.05, 3.63) is 0 Å². The van der Waals surface area contributed by atoms with E-state index in [1.54, 1.807) is 0 Å². The van der Waals surface area contributed by atoms with Crippen LogP contribution in [0.25, 0.3) is 0 Å². The zero-order chi connectivity index (χ0) is 14.9. The second kappa shape index (κ2) is 9.09. The van der Waals surface area contributed by atoms with Crippen molar-refractivity contribution in [3.63, 3.8) is 0 Å². The summed E-state index contributed by atoms with van der Waals surface area (Å²) in [5.41, 5.74) is 0. The maximum absolute atomic E-state index is 11.4. The SMILES string of the molecule is CC(C)C(C(=O)[O-])C(C(=O)[O-])(C(C)C)S(=O)(=O)O.[Na+].[Na+]. The molecule has 0 aliphatic heterocycles. The molecule has 0 bridgehead atoms. The van der Waals surface area contributed by atoms with Gasteiger partial charge in [0.15, 0.2) is 0 Å². The van der Waals surface area contributed by atoms with Gasteiger partial charge in [-0.1, -0.05) is 27.7 Å². The van der Waals surface area contributed by atoms with Crippen LogP contribution in [0.5, 0.6) is 0 Å². The van der Waals surface area contributed by atoms with E-state index in [0.29, 0.717) is 0 Å². The van der Waals surface area contributed by atoms with Crippen LogP contribution in [-0.2, 0) is 19.7 Å². The van der Waals surface area contributed by atoms with Gasteiger partial charge in [-0.25, -0.2) is 0 Å². The van der Waals surface area contributed by atoms with Gasteiger partial charge in [-0.15, -0.1) is 0 Å². The van der Waals surface area contributed by atoms with Crippen LogP contribution < -0.4 is 69.3 Å². The van der Waals surface area contributed by atoms with Crippen LogP contribution in [-0.4, -0.2) is 29.7 Å². The first-order valence-electron chi connectivity index (χ1n) is 5.30. The quantitative estimate of drug-likeness (QED) is 0.378. The molecule has 0 aliphatic rings. The molecule has 0 saturated carbocycles. The summed E-state index contributed by atoms with van der Waals surface area (Å²) in [6.45, 7) is 5.02. The van der Waals surface area contributed by atoms with Gasteiger partial charge in [0.2, 0.25) is 0 Å². The average Bonchev–Trinajstić information content (AvgIpc) is 2.08. The number of carboxylic acid groups (broad SMARTS) is 2. The number of carbonyl (C=O) groups excluding carboxylic acids is 2. The van der Waals surface area contributed by atoms with Crippen molar-refractivity contribution in [2.75, 3.05) is 0 Å². The van der Waals surface area contributed by atoms with E-state index in [1.165, 1.54) is 27.7 Å². The Balaban J connectivity index is -0.00000144. The monoisotopic (exact) mass is 326 g/mol. The smallest absolute Gasteiger partial charge is 0.550 e. The molecule has 0 aliphatic carbocycles. The summed E-state index contributed by atoms with van der Waals surface area (Å²) in [6.07, 6.45) is 0. The third-order valence-corrected chi connectivity index (χ3v) is 4.73. The fourth-order valence-corrected chi connectivity index (χ4v) is 3.72. The zero-order valence-corrected chi connectivity index (χ0v) is 17.4.